The molecule has 0 fully saturated rings. The molecule has 0 bridgehead atoms. The van der Waals surface area contributed by atoms with E-state index >= 15 is 0 Å². The monoisotopic (exact) mass is 416 g/mol. The molecule has 2 N–H and O–H groups in total. The smallest absolute Gasteiger partial charge is 0.309 e. The second-order valence-corrected chi connectivity index (χ2v) is 7.65. The number of hydrogen-bond acceptors (Lipinski definition) is 6. The molecule has 6 nitrogen and oxygen atoms in total. The highest BCUT2D eigenvalue weighted by molar-refractivity contribution is 8.14. The second kappa shape index (κ2) is 12.0. The number of benzene rings is 2. The van der Waals surface area contributed by atoms with E-state index in [0.717, 1.165) is 23.5 Å². The molecule has 2 amide bonds. The molecule has 2 rings (SSSR count). The molecule has 8 heteroatoms. The number of hydrogen-bond donors (Lipinski definition) is 2. The van der Waals surface area contributed by atoms with E-state index in [4.69, 9.17) is 0 Å². The maximum absolute atomic E-state index is 11.9. The van der Waals surface area contributed by atoms with Crippen molar-refractivity contribution in [2.45, 2.75) is 0 Å². The fraction of sp³-hybridized carbons (Fsp3) is 0.200. The molecule has 0 heterocycles. The second-order valence-electron chi connectivity index (χ2n) is 5.52. The summed E-state index contributed by atoms with van der Waals surface area (Å²) in [5.41, 5.74) is 1.19. The highest BCUT2D eigenvalue weighted by atomic mass is 32.2. The third kappa shape index (κ3) is 7.58. The standard InChI is InChI=1S/C20H20N2O4S2/c23-17(21-11-13-27-19(25)15-7-3-1-4-8-15)18(24)22-12-14-28-20(26)16-9-5-2-6-10-16/h1-10H,11-14H2,(H,21,23)(H,22,24). The molecule has 0 unspecified atom stereocenters. The first kappa shape index (κ1) is 21.7. The van der Waals surface area contributed by atoms with E-state index in [9.17, 15) is 19.2 Å². The third-order valence-corrected chi connectivity index (χ3v) is 5.28. The number of carbonyl (C=O) groups is 4. The average Bonchev–Trinajstić information content (AvgIpc) is 2.74. The molecular weight excluding hydrogens is 396 g/mol. The predicted octanol–water partition coefficient (Wildman–Crippen LogP) is 2.37. The Morgan fingerprint density at radius 1 is 0.607 bits per heavy atom. The van der Waals surface area contributed by atoms with Crippen molar-refractivity contribution >= 4 is 45.6 Å². The normalized spacial score (nSPS) is 10.1. The average molecular weight is 417 g/mol. The Kier molecular flexibility index (Phi) is 9.30. The van der Waals surface area contributed by atoms with Crippen LogP contribution < -0.4 is 10.6 Å². The van der Waals surface area contributed by atoms with Gasteiger partial charge in [0.15, 0.2) is 0 Å². The molecular formula is C20H20N2O4S2. The molecule has 146 valence electrons. The van der Waals surface area contributed by atoms with E-state index < -0.39 is 11.8 Å². The Balaban J connectivity index is 1.56. The minimum atomic E-state index is -0.757. The van der Waals surface area contributed by atoms with Gasteiger partial charge >= 0.3 is 11.8 Å². The summed E-state index contributed by atoms with van der Waals surface area (Å²) in [4.78, 5) is 47.2. The number of carbonyl (C=O) groups excluding carboxylic acids is 4. The SMILES string of the molecule is O=C(NCCSC(=O)c1ccccc1)C(=O)NCCSC(=O)c1ccccc1. The van der Waals surface area contributed by atoms with Crippen LogP contribution in [-0.4, -0.2) is 46.6 Å². The first-order valence-electron chi connectivity index (χ1n) is 8.58. The lowest BCUT2D eigenvalue weighted by molar-refractivity contribution is -0.139. The lowest BCUT2D eigenvalue weighted by atomic mass is 10.2. The van der Waals surface area contributed by atoms with Gasteiger partial charge in [0.1, 0.15) is 0 Å². The Morgan fingerprint density at radius 3 is 1.32 bits per heavy atom. The van der Waals surface area contributed by atoms with Crippen molar-refractivity contribution in [3.63, 3.8) is 0 Å². The van der Waals surface area contributed by atoms with Crippen LogP contribution in [-0.2, 0) is 9.59 Å². The Labute approximate surface area is 171 Å². The van der Waals surface area contributed by atoms with E-state index in [1.54, 1.807) is 48.5 Å². The molecule has 0 aliphatic carbocycles. The summed E-state index contributed by atoms with van der Waals surface area (Å²) in [5.74, 6) is -0.776. The predicted molar refractivity (Wildman–Crippen MR) is 112 cm³/mol. The van der Waals surface area contributed by atoms with Gasteiger partial charge in [0.05, 0.1) is 0 Å². The van der Waals surface area contributed by atoms with Crippen LogP contribution in [0.2, 0.25) is 0 Å². The number of rotatable bonds is 8. The van der Waals surface area contributed by atoms with Crippen LogP contribution in [0, 0.1) is 0 Å². The lowest BCUT2D eigenvalue weighted by Crippen LogP contribution is -2.41. The Morgan fingerprint density at radius 2 is 0.964 bits per heavy atom. The largest absolute Gasteiger partial charge is 0.347 e. The first-order chi connectivity index (χ1) is 13.6. The molecule has 0 aliphatic rings. The summed E-state index contributed by atoms with van der Waals surface area (Å²) in [7, 11) is 0. The maximum Gasteiger partial charge on any atom is 0.309 e. The topological polar surface area (TPSA) is 92.3 Å². The van der Waals surface area contributed by atoms with Crippen molar-refractivity contribution in [1.82, 2.24) is 10.6 Å². The van der Waals surface area contributed by atoms with Crippen LogP contribution in [0.15, 0.2) is 60.7 Å². The van der Waals surface area contributed by atoms with Crippen LogP contribution in [0.5, 0.6) is 0 Å². The van der Waals surface area contributed by atoms with Gasteiger partial charge in [-0.2, -0.15) is 0 Å². The van der Waals surface area contributed by atoms with Crippen LogP contribution in [0.4, 0.5) is 0 Å². The minimum Gasteiger partial charge on any atom is -0.347 e. The molecule has 0 aromatic heterocycles. The molecule has 0 aliphatic heterocycles. The van der Waals surface area contributed by atoms with E-state index in [2.05, 4.69) is 10.6 Å². The van der Waals surface area contributed by atoms with Crippen molar-refractivity contribution < 1.29 is 19.2 Å². The first-order valence-corrected chi connectivity index (χ1v) is 10.6. The van der Waals surface area contributed by atoms with Gasteiger partial charge in [-0.3, -0.25) is 19.2 Å². The molecule has 28 heavy (non-hydrogen) atoms. The van der Waals surface area contributed by atoms with Gasteiger partial charge in [-0.25, -0.2) is 0 Å². The molecule has 2 aromatic carbocycles. The Hall–Kier alpha value is -2.58. The number of amides is 2. The van der Waals surface area contributed by atoms with Gasteiger partial charge in [-0.05, 0) is 0 Å². The zero-order valence-electron chi connectivity index (χ0n) is 15.1. The number of thioether (sulfide) groups is 2. The van der Waals surface area contributed by atoms with Crippen molar-refractivity contribution in [3.8, 4) is 0 Å². The van der Waals surface area contributed by atoms with E-state index in [1.165, 1.54) is 0 Å². The van der Waals surface area contributed by atoms with Crippen molar-refractivity contribution in [1.29, 1.82) is 0 Å². The zero-order chi connectivity index (χ0) is 20.2. The summed E-state index contributed by atoms with van der Waals surface area (Å²) < 4.78 is 0. The zero-order valence-corrected chi connectivity index (χ0v) is 16.7. The van der Waals surface area contributed by atoms with Gasteiger partial charge < -0.3 is 10.6 Å². The summed E-state index contributed by atoms with van der Waals surface area (Å²) in [6.45, 7) is 0.410. The summed E-state index contributed by atoms with van der Waals surface area (Å²) in [6.07, 6.45) is 0. The van der Waals surface area contributed by atoms with Crippen LogP contribution in [0.3, 0.4) is 0 Å². The fourth-order valence-corrected chi connectivity index (χ4v) is 3.48. The minimum absolute atomic E-state index is 0.0839. The lowest BCUT2D eigenvalue weighted by Gasteiger charge is -2.06. The molecule has 0 saturated heterocycles. The van der Waals surface area contributed by atoms with Crippen molar-refractivity contribution in [2.75, 3.05) is 24.6 Å². The summed E-state index contributed by atoms with van der Waals surface area (Å²) in [6, 6.07) is 17.7. The molecule has 0 radical (unpaired) electrons. The van der Waals surface area contributed by atoms with E-state index in [1.807, 2.05) is 12.1 Å². The summed E-state index contributed by atoms with van der Waals surface area (Å²) >= 11 is 2.16. The third-order valence-electron chi connectivity index (χ3n) is 3.47. The maximum atomic E-state index is 11.9. The highest BCUT2D eigenvalue weighted by Gasteiger charge is 2.13. The molecule has 0 saturated carbocycles. The van der Waals surface area contributed by atoms with Gasteiger partial charge in [0, 0.05) is 35.7 Å². The van der Waals surface area contributed by atoms with E-state index in [0.29, 0.717) is 22.6 Å². The van der Waals surface area contributed by atoms with Crippen LogP contribution in [0.1, 0.15) is 20.7 Å². The van der Waals surface area contributed by atoms with Crippen molar-refractivity contribution in [2.24, 2.45) is 0 Å². The van der Waals surface area contributed by atoms with E-state index in [-0.39, 0.29) is 23.3 Å². The number of nitrogens with one attached hydrogen (secondary N) is 2. The highest BCUT2D eigenvalue weighted by Crippen LogP contribution is 2.12. The fourth-order valence-electron chi connectivity index (χ4n) is 2.09. The quantitative estimate of drug-likeness (QED) is 0.507. The van der Waals surface area contributed by atoms with Gasteiger partial charge in [0.25, 0.3) is 0 Å². The van der Waals surface area contributed by atoms with Gasteiger partial charge in [0.2, 0.25) is 10.2 Å². The van der Waals surface area contributed by atoms with Crippen molar-refractivity contribution in [3.05, 3.63) is 71.8 Å². The van der Waals surface area contributed by atoms with Crippen LogP contribution >= 0.6 is 23.5 Å². The Bertz CT molecular complexity index is 744. The molecule has 2 aromatic rings. The molecule has 0 spiro atoms. The van der Waals surface area contributed by atoms with Crippen LogP contribution in [0.25, 0.3) is 0 Å². The van der Waals surface area contributed by atoms with Gasteiger partial charge in [-0.1, -0.05) is 84.2 Å². The van der Waals surface area contributed by atoms with Gasteiger partial charge in [-0.15, -0.1) is 0 Å². The molecule has 0 atom stereocenters. The summed E-state index contributed by atoms with van der Waals surface area (Å²) in [5, 5.41) is 4.77.